The zero-order chi connectivity index (χ0) is 21.0. The van der Waals surface area contributed by atoms with Gasteiger partial charge in [-0.3, -0.25) is 4.79 Å². The Hall–Kier alpha value is -2.86. The number of hydrazone groups is 1. The molecule has 0 aliphatic carbocycles. The molecule has 29 heavy (non-hydrogen) atoms. The van der Waals surface area contributed by atoms with Crippen LogP contribution in [0.2, 0.25) is 0 Å². The van der Waals surface area contributed by atoms with E-state index in [1.165, 1.54) is 5.56 Å². The van der Waals surface area contributed by atoms with Gasteiger partial charge in [-0.1, -0.05) is 22.0 Å². The van der Waals surface area contributed by atoms with Crippen molar-refractivity contribution in [3.05, 3.63) is 81.1 Å². The minimum atomic E-state index is -0.263. The summed E-state index contributed by atoms with van der Waals surface area (Å²) in [6.07, 6.45) is 1.68. The number of hydrogen-bond donors (Lipinski definition) is 1. The molecular formula is C23H24BrN3O2. The molecule has 0 saturated carbocycles. The molecule has 3 rings (SSSR count). The molecule has 0 spiro atoms. The van der Waals surface area contributed by atoms with Gasteiger partial charge in [0.25, 0.3) is 5.91 Å². The number of carbonyl (C=O) groups is 1. The van der Waals surface area contributed by atoms with E-state index in [4.69, 9.17) is 4.74 Å². The standard InChI is InChI=1S/C23H24BrN3O2/c1-5-29-21-10-7-18(8-11-21)23(28)26-25-14-19-12-16(3)27(17(19)4)20-9-6-15(2)22(24)13-20/h6-14H,5H2,1-4H3,(H,26,28)/b25-14+. The molecule has 0 radical (unpaired) electrons. The van der Waals surface area contributed by atoms with E-state index < -0.39 is 0 Å². The second-order valence-corrected chi connectivity index (χ2v) is 7.61. The molecule has 0 aliphatic heterocycles. The Kier molecular flexibility index (Phi) is 6.54. The Morgan fingerprint density at radius 3 is 2.52 bits per heavy atom. The fourth-order valence-electron chi connectivity index (χ4n) is 3.13. The van der Waals surface area contributed by atoms with Gasteiger partial charge in [-0.15, -0.1) is 0 Å². The highest BCUT2D eigenvalue weighted by Gasteiger charge is 2.11. The predicted molar refractivity (Wildman–Crippen MR) is 120 cm³/mol. The average molecular weight is 454 g/mol. The SMILES string of the molecule is CCOc1ccc(C(=O)N/N=C/c2cc(C)n(-c3ccc(C)c(Br)c3)c2C)cc1. The largest absolute Gasteiger partial charge is 0.494 e. The molecule has 0 aliphatic rings. The summed E-state index contributed by atoms with van der Waals surface area (Å²) in [6.45, 7) is 8.67. The Morgan fingerprint density at radius 2 is 1.86 bits per heavy atom. The number of aryl methyl sites for hydroxylation is 2. The number of nitrogens with zero attached hydrogens (tertiary/aromatic N) is 2. The lowest BCUT2D eigenvalue weighted by atomic mass is 10.2. The first-order chi connectivity index (χ1) is 13.9. The van der Waals surface area contributed by atoms with Crippen LogP contribution in [-0.2, 0) is 0 Å². The molecule has 3 aromatic rings. The van der Waals surface area contributed by atoms with Gasteiger partial charge < -0.3 is 9.30 Å². The maximum atomic E-state index is 12.3. The number of carbonyl (C=O) groups excluding carboxylic acids is 1. The number of aromatic nitrogens is 1. The Labute approximate surface area is 179 Å². The molecule has 1 aromatic heterocycles. The van der Waals surface area contributed by atoms with Crippen molar-refractivity contribution in [3.63, 3.8) is 0 Å². The number of hydrogen-bond acceptors (Lipinski definition) is 3. The fraction of sp³-hybridized carbons (Fsp3) is 0.217. The Morgan fingerprint density at radius 1 is 1.14 bits per heavy atom. The van der Waals surface area contributed by atoms with Gasteiger partial charge in [-0.05, 0) is 75.7 Å². The van der Waals surface area contributed by atoms with Crippen molar-refractivity contribution in [1.29, 1.82) is 0 Å². The van der Waals surface area contributed by atoms with Gasteiger partial charge in [0.1, 0.15) is 5.75 Å². The van der Waals surface area contributed by atoms with Crippen LogP contribution in [0.3, 0.4) is 0 Å². The van der Waals surface area contributed by atoms with Gasteiger partial charge >= 0.3 is 0 Å². The minimum absolute atomic E-state index is 0.263. The maximum Gasteiger partial charge on any atom is 0.271 e. The summed E-state index contributed by atoms with van der Waals surface area (Å²) in [5.41, 5.74) is 8.48. The molecule has 150 valence electrons. The van der Waals surface area contributed by atoms with Crippen LogP contribution in [-0.4, -0.2) is 23.3 Å². The smallest absolute Gasteiger partial charge is 0.271 e. The third kappa shape index (κ3) is 4.77. The van der Waals surface area contributed by atoms with Crippen molar-refractivity contribution >= 4 is 28.1 Å². The van der Waals surface area contributed by atoms with Crippen LogP contribution in [0, 0.1) is 20.8 Å². The zero-order valence-electron chi connectivity index (χ0n) is 17.0. The van der Waals surface area contributed by atoms with E-state index in [0.29, 0.717) is 12.2 Å². The van der Waals surface area contributed by atoms with E-state index in [1.54, 1.807) is 30.5 Å². The monoisotopic (exact) mass is 453 g/mol. The number of ether oxygens (including phenoxy) is 1. The second-order valence-electron chi connectivity index (χ2n) is 6.75. The lowest BCUT2D eigenvalue weighted by molar-refractivity contribution is 0.0955. The second kappa shape index (κ2) is 9.09. The third-order valence-corrected chi connectivity index (χ3v) is 5.54. The van der Waals surface area contributed by atoms with Gasteiger partial charge in [-0.2, -0.15) is 5.10 Å². The molecule has 0 saturated heterocycles. The van der Waals surface area contributed by atoms with Crippen LogP contribution in [0.25, 0.3) is 5.69 Å². The molecule has 0 fully saturated rings. The van der Waals surface area contributed by atoms with E-state index in [1.807, 2.05) is 13.8 Å². The van der Waals surface area contributed by atoms with E-state index in [-0.39, 0.29) is 5.91 Å². The first kappa shape index (κ1) is 20.9. The summed E-state index contributed by atoms with van der Waals surface area (Å²) in [5, 5.41) is 4.14. The van der Waals surface area contributed by atoms with Gasteiger partial charge in [0.15, 0.2) is 0 Å². The van der Waals surface area contributed by atoms with Crippen LogP contribution in [0.5, 0.6) is 5.75 Å². The lowest BCUT2D eigenvalue weighted by Crippen LogP contribution is -2.17. The molecule has 1 N–H and O–H groups in total. The molecule has 2 aromatic carbocycles. The summed E-state index contributed by atoms with van der Waals surface area (Å²) in [5.74, 6) is 0.475. The zero-order valence-corrected chi connectivity index (χ0v) is 18.6. The van der Waals surface area contributed by atoms with Crippen molar-refractivity contribution in [1.82, 2.24) is 9.99 Å². The van der Waals surface area contributed by atoms with Crippen LogP contribution >= 0.6 is 15.9 Å². The number of amides is 1. The number of benzene rings is 2. The lowest BCUT2D eigenvalue weighted by Gasteiger charge is -2.11. The molecule has 1 amide bonds. The van der Waals surface area contributed by atoms with Gasteiger partial charge in [0.05, 0.1) is 12.8 Å². The number of halogens is 1. The van der Waals surface area contributed by atoms with E-state index >= 15 is 0 Å². The summed E-state index contributed by atoms with van der Waals surface area (Å²) in [4.78, 5) is 12.3. The summed E-state index contributed by atoms with van der Waals surface area (Å²) in [6, 6.07) is 15.3. The van der Waals surface area contributed by atoms with Crippen molar-refractivity contribution in [3.8, 4) is 11.4 Å². The summed E-state index contributed by atoms with van der Waals surface area (Å²) in [7, 11) is 0. The third-order valence-electron chi connectivity index (χ3n) is 4.68. The Balaban J connectivity index is 1.74. The molecule has 5 nitrogen and oxygen atoms in total. The molecule has 0 atom stereocenters. The predicted octanol–water partition coefficient (Wildman–Crippen LogP) is 5.33. The molecule has 6 heteroatoms. The van der Waals surface area contributed by atoms with E-state index in [0.717, 1.165) is 32.9 Å². The van der Waals surface area contributed by atoms with Crippen LogP contribution < -0.4 is 10.2 Å². The molecule has 0 bridgehead atoms. The first-order valence-electron chi connectivity index (χ1n) is 9.42. The van der Waals surface area contributed by atoms with Crippen molar-refractivity contribution in [2.45, 2.75) is 27.7 Å². The van der Waals surface area contributed by atoms with Crippen LogP contribution in [0.15, 0.2) is 58.1 Å². The van der Waals surface area contributed by atoms with E-state index in [9.17, 15) is 4.79 Å². The number of rotatable bonds is 6. The average Bonchev–Trinajstić information content (AvgIpc) is 2.98. The van der Waals surface area contributed by atoms with Crippen molar-refractivity contribution in [2.24, 2.45) is 5.10 Å². The first-order valence-corrected chi connectivity index (χ1v) is 10.2. The highest BCUT2D eigenvalue weighted by Crippen LogP contribution is 2.24. The molecular weight excluding hydrogens is 430 g/mol. The number of nitrogens with one attached hydrogen (secondary N) is 1. The fourth-order valence-corrected chi connectivity index (χ4v) is 3.50. The normalized spacial score (nSPS) is 11.1. The quantitative estimate of drug-likeness (QED) is 0.405. The van der Waals surface area contributed by atoms with Crippen LogP contribution in [0.1, 0.15) is 39.8 Å². The minimum Gasteiger partial charge on any atom is -0.494 e. The van der Waals surface area contributed by atoms with Crippen LogP contribution in [0.4, 0.5) is 0 Å². The molecule has 0 unspecified atom stereocenters. The highest BCUT2D eigenvalue weighted by atomic mass is 79.9. The summed E-state index contributed by atoms with van der Waals surface area (Å²) < 4.78 is 8.63. The van der Waals surface area contributed by atoms with Gasteiger partial charge in [-0.25, -0.2) is 5.43 Å². The van der Waals surface area contributed by atoms with Crippen molar-refractivity contribution < 1.29 is 9.53 Å². The van der Waals surface area contributed by atoms with Gasteiger partial charge in [0, 0.05) is 32.7 Å². The Bertz CT molecular complexity index is 1050. The van der Waals surface area contributed by atoms with Crippen molar-refractivity contribution in [2.75, 3.05) is 6.61 Å². The maximum absolute atomic E-state index is 12.3. The van der Waals surface area contributed by atoms with E-state index in [2.05, 4.69) is 69.1 Å². The van der Waals surface area contributed by atoms with Gasteiger partial charge in [0.2, 0.25) is 0 Å². The highest BCUT2D eigenvalue weighted by molar-refractivity contribution is 9.10. The molecule has 1 heterocycles. The summed E-state index contributed by atoms with van der Waals surface area (Å²) >= 11 is 3.60. The topological polar surface area (TPSA) is 55.6 Å².